The van der Waals surface area contributed by atoms with Crippen LogP contribution in [-0.4, -0.2) is 68.2 Å². The van der Waals surface area contributed by atoms with Crippen LogP contribution in [0.2, 0.25) is 0 Å². The highest BCUT2D eigenvalue weighted by Gasteiger charge is 2.43. The SMILES string of the molecule is CN(C)S(=O)(=O)c1ccc(N(CCO)C(=O)C(F)(F)F)c(C(=O)O)c1. The molecule has 12 heteroatoms. The van der Waals surface area contributed by atoms with E-state index in [1.165, 1.54) is 14.1 Å². The first-order valence-electron chi connectivity index (χ1n) is 6.63. The minimum Gasteiger partial charge on any atom is -0.478 e. The molecule has 0 saturated carbocycles. The molecule has 0 aromatic heterocycles. The number of hydrogen-bond acceptors (Lipinski definition) is 5. The average Bonchev–Trinajstić information content (AvgIpc) is 2.50. The lowest BCUT2D eigenvalue weighted by atomic mass is 10.1. The number of rotatable bonds is 6. The van der Waals surface area contributed by atoms with Crippen LogP contribution in [0, 0.1) is 0 Å². The van der Waals surface area contributed by atoms with Crippen LogP contribution in [-0.2, 0) is 14.8 Å². The molecule has 0 aliphatic rings. The highest BCUT2D eigenvalue weighted by molar-refractivity contribution is 7.89. The summed E-state index contributed by atoms with van der Waals surface area (Å²) in [7, 11) is -1.66. The lowest BCUT2D eigenvalue weighted by Crippen LogP contribution is -2.43. The summed E-state index contributed by atoms with van der Waals surface area (Å²) in [4.78, 5) is 22.4. The summed E-state index contributed by atoms with van der Waals surface area (Å²) in [5, 5.41) is 18.1. The largest absolute Gasteiger partial charge is 0.478 e. The number of carboxylic acid groups (broad SMARTS) is 1. The van der Waals surface area contributed by atoms with Gasteiger partial charge in [0.05, 0.1) is 22.8 Å². The zero-order valence-corrected chi connectivity index (χ0v) is 13.9. The lowest BCUT2D eigenvalue weighted by molar-refractivity contribution is -0.170. The molecule has 0 heterocycles. The Hall–Kier alpha value is -2.18. The number of sulfonamides is 1. The first kappa shape index (κ1) is 20.9. The van der Waals surface area contributed by atoms with Gasteiger partial charge in [-0.1, -0.05) is 0 Å². The summed E-state index contributed by atoms with van der Waals surface area (Å²) >= 11 is 0. The zero-order valence-electron chi connectivity index (χ0n) is 13.1. The molecule has 0 fully saturated rings. The van der Waals surface area contributed by atoms with Crippen molar-refractivity contribution in [1.82, 2.24) is 4.31 Å². The smallest absolute Gasteiger partial charge is 0.471 e. The molecule has 0 atom stereocenters. The molecule has 1 aromatic carbocycles. The molecule has 25 heavy (non-hydrogen) atoms. The Morgan fingerprint density at radius 1 is 1.20 bits per heavy atom. The molecule has 0 unspecified atom stereocenters. The molecule has 0 bridgehead atoms. The summed E-state index contributed by atoms with van der Waals surface area (Å²) in [6, 6.07) is 2.31. The van der Waals surface area contributed by atoms with E-state index in [9.17, 15) is 36.3 Å². The fourth-order valence-corrected chi connectivity index (χ4v) is 2.81. The predicted octanol–water partition coefficient (Wildman–Crippen LogP) is 0.523. The van der Waals surface area contributed by atoms with Gasteiger partial charge in [0.1, 0.15) is 0 Å². The molecular formula is C13H15F3N2O6S. The van der Waals surface area contributed by atoms with E-state index in [-0.39, 0.29) is 4.90 Å². The quantitative estimate of drug-likeness (QED) is 0.739. The molecule has 8 nitrogen and oxygen atoms in total. The molecule has 1 amide bonds. The van der Waals surface area contributed by atoms with Gasteiger partial charge in [0.25, 0.3) is 0 Å². The van der Waals surface area contributed by atoms with Crippen molar-refractivity contribution in [2.45, 2.75) is 11.1 Å². The van der Waals surface area contributed by atoms with Crippen molar-refractivity contribution in [3.63, 3.8) is 0 Å². The molecule has 0 radical (unpaired) electrons. The van der Waals surface area contributed by atoms with E-state index >= 15 is 0 Å². The van der Waals surface area contributed by atoms with Gasteiger partial charge in [0, 0.05) is 20.6 Å². The lowest BCUT2D eigenvalue weighted by Gasteiger charge is -2.25. The molecule has 1 rings (SSSR count). The van der Waals surface area contributed by atoms with Crippen LogP contribution < -0.4 is 4.90 Å². The van der Waals surface area contributed by atoms with Crippen LogP contribution in [0.25, 0.3) is 0 Å². The Balaban J connectivity index is 3.58. The van der Waals surface area contributed by atoms with Crippen molar-refractivity contribution in [3.8, 4) is 0 Å². The van der Waals surface area contributed by atoms with Crippen molar-refractivity contribution in [2.24, 2.45) is 0 Å². The van der Waals surface area contributed by atoms with Crippen LogP contribution in [0.15, 0.2) is 23.1 Å². The number of benzene rings is 1. The second-order valence-corrected chi connectivity index (χ2v) is 7.10. The van der Waals surface area contributed by atoms with Crippen LogP contribution in [0.5, 0.6) is 0 Å². The average molecular weight is 384 g/mol. The third-order valence-electron chi connectivity index (χ3n) is 3.08. The van der Waals surface area contributed by atoms with Crippen molar-refractivity contribution in [2.75, 3.05) is 32.1 Å². The van der Waals surface area contributed by atoms with Gasteiger partial charge in [0.2, 0.25) is 10.0 Å². The first-order valence-corrected chi connectivity index (χ1v) is 8.07. The van der Waals surface area contributed by atoms with E-state index in [1.807, 2.05) is 0 Å². The van der Waals surface area contributed by atoms with Crippen LogP contribution in [0.4, 0.5) is 18.9 Å². The van der Waals surface area contributed by atoms with Gasteiger partial charge in [-0.25, -0.2) is 17.5 Å². The van der Waals surface area contributed by atoms with Gasteiger partial charge in [-0.05, 0) is 18.2 Å². The zero-order chi connectivity index (χ0) is 19.6. The number of alkyl halides is 3. The number of aliphatic hydroxyl groups excluding tert-OH is 1. The van der Waals surface area contributed by atoms with Gasteiger partial charge in [-0.3, -0.25) is 4.79 Å². The number of anilines is 1. The molecule has 0 aliphatic heterocycles. The predicted molar refractivity (Wildman–Crippen MR) is 79.8 cm³/mol. The Morgan fingerprint density at radius 2 is 1.76 bits per heavy atom. The van der Waals surface area contributed by atoms with Gasteiger partial charge >= 0.3 is 18.1 Å². The molecule has 0 saturated heterocycles. The van der Waals surface area contributed by atoms with E-state index in [0.29, 0.717) is 6.07 Å². The number of carbonyl (C=O) groups is 2. The minimum absolute atomic E-state index is 0.0372. The van der Waals surface area contributed by atoms with Crippen molar-refractivity contribution in [1.29, 1.82) is 0 Å². The summed E-state index contributed by atoms with van der Waals surface area (Å²) in [5.74, 6) is -4.11. The second kappa shape index (κ2) is 7.37. The molecule has 0 spiro atoms. The highest BCUT2D eigenvalue weighted by Crippen LogP contribution is 2.29. The summed E-state index contributed by atoms with van der Waals surface area (Å²) < 4.78 is 62.9. The fraction of sp³-hybridized carbons (Fsp3) is 0.385. The highest BCUT2D eigenvalue weighted by atomic mass is 32.2. The molecular weight excluding hydrogens is 369 g/mol. The van der Waals surface area contributed by atoms with Gasteiger partial charge in [-0.15, -0.1) is 0 Å². The number of carboxylic acids is 1. The number of amides is 1. The number of aliphatic hydroxyl groups is 1. The van der Waals surface area contributed by atoms with Crippen molar-refractivity contribution < 1.29 is 41.4 Å². The Bertz CT molecular complexity index is 776. The van der Waals surface area contributed by atoms with Crippen LogP contribution >= 0.6 is 0 Å². The maximum Gasteiger partial charge on any atom is 0.471 e. The molecule has 2 N–H and O–H groups in total. The van der Waals surface area contributed by atoms with E-state index < -0.39 is 57.4 Å². The standard InChI is InChI=1S/C13H15F3N2O6S/c1-17(2)25(23,24)8-3-4-10(9(7-8)11(20)21)18(5-6-19)12(22)13(14,15)16/h3-4,7,19H,5-6H2,1-2H3,(H,20,21). The summed E-state index contributed by atoms with van der Waals surface area (Å²) in [6.07, 6.45) is -5.31. The Morgan fingerprint density at radius 3 is 2.16 bits per heavy atom. The van der Waals surface area contributed by atoms with Crippen LogP contribution in [0.3, 0.4) is 0 Å². The molecule has 140 valence electrons. The van der Waals surface area contributed by atoms with Crippen molar-refractivity contribution in [3.05, 3.63) is 23.8 Å². The maximum atomic E-state index is 12.7. The number of nitrogens with zero attached hydrogens (tertiary/aromatic N) is 2. The monoisotopic (exact) mass is 384 g/mol. The number of hydrogen-bond donors (Lipinski definition) is 2. The first-order chi connectivity index (χ1) is 11.3. The third kappa shape index (κ3) is 4.46. The van der Waals surface area contributed by atoms with Gasteiger partial charge in [0.15, 0.2) is 0 Å². The number of halogens is 3. The number of aromatic carboxylic acids is 1. The second-order valence-electron chi connectivity index (χ2n) is 4.95. The summed E-state index contributed by atoms with van der Waals surface area (Å²) in [5.41, 5.74) is -1.50. The normalized spacial score (nSPS) is 12.3. The topological polar surface area (TPSA) is 115 Å². The molecule has 1 aromatic rings. The van der Waals surface area contributed by atoms with Crippen LogP contribution in [0.1, 0.15) is 10.4 Å². The maximum absolute atomic E-state index is 12.7. The van der Waals surface area contributed by atoms with E-state index in [1.54, 1.807) is 0 Å². The third-order valence-corrected chi connectivity index (χ3v) is 4.89. The van der Waals surface area contributed by atoms with Crippen molar-refractivity contribution >= 4 is 27.6 Å². The Kier molecular flexibility index (Phi) is 6.15. The van der Waals surface area contributed by atoms with E-state index in [0.717, 1.165) is 16.4 Å². The fourth-order valence-electron chi connectivity index (χ4n) is 1.88. The number of carbonyl (C=O) groups excluding carboxylic acids is 1. The van der Waals surface area contributed by atoms with Gasteiger partial charge in [-0.2, -0.15) is 13.2 Å². The van der Waals surface area contributed by atoms with Gasteiger partial charge < -0.3 is 15.1 Å². The Labute approximate surface area is 141 Å². The minimum atomic E-state index is -5.31. The van der Waals surface area contributed by atoms with E-state index in [2.05, 4.69) is 0 Å². The molecule has 0 aliphatic carbocycles. The van der Waals surface area contributed by atoms with E-state index in [4.69, 9.17) is 5.11 Å². The summed E-state index contributed by atoms with van der Waals surface area (Å²) in [6.45, 7) is -1.68.